The van der Waals surface area contributed by atoms with E-state index in [4.69, 9.17) is 21.1 Å². The Hall–Kier alpha value is -2.73. The fourth-order valence-corrected chi connectivity index (χ4v) is 2.93. The summed E-state index contributed by atoms with van der Waals surface area (Å²) in [5.74, 6) is 0.806. The van der Waals surface area contributed by atoms with Gasteiger partial charge in [0.05, 0.1) is 7.11 Å². The van der Waals surface area contributed by atoms with Crippen LogP contribution in [0.1, 0.15) is 32.3 Å². The molecule has 7 heteroatoms. The number of nitrogens with one attached hydrogen (secondary N) is 1. The summed E-state index contributed by atoms with van der Waals surface area (Å²) in [4.78, 5) is 27.1. The minimum atomic E-state index is -0.634. The van der Waals surface area contributed by atoms with Crippen molar-refractivity contribution in [1.29, 1.82) is 0 Å². The second-order valence-corrected chi connectivity index (χ2v) is 7.37. The summed E-state index contributed by atoms with van der Waals surface area (Å²) >= 11 is 5.88. The third kappa shape index (κ3) is 7.26. The van der Waals surface area contributed by atoms with Crippen molar-refractivity contribution in [3.8, 4) is 11.5 Å². The zero-order chi connectivity index (χ0) is 21.9. The third-order valence-corrected chi connectivity index (χ3v) is 4.94. The molecule has 0 spiro atoms. The molecule has 0 aromatic heterocycles. The van der Waals surface area contributed by atoms with Gasteiger partial charge in [-0.1, -0.05) is 37.1 Å². The topological polar surface area (TPSA) is 67.9 Å². The van der Waals surface area contributed by atoms with Crippen molar-refractivity contribution in [1.82, 2.24) is 10.2 Å². The van der Waals surface area contributed by atoms with Crippen LogP contribution in [0.2, 0.25) is 5.02 Å². The number of rotatable bonds is 11. The quantitative estimate of drug-likeness (QED) is 0.544. The van der Waals surface area contributed by atoms with Crippen LogP contribution in [0, 0.1) is 0 Å². The van der Waals surface area contributed by atoms with E-state index in [1.807, 2.05) is 24.3 Å². The molecule has 6 nitrogen and oxygen atoms in total. The van der Waals surface area contributed by atoms with Crippen molar-refractivity contribution in [2.45, 2.75) is 39.3 Å². The SMILES string of the molecule is CCCCNC(=O)[C@@H](C)N(Cc1ccc(OC)cc1)C(=O)COc1ccc(Cl)cc1. The van der Waals surface area contributed by atoms with Gasteiger partial charge in [0.15, 0.2) is 6.61 Å². The Morgan fingerprint density at radius 3 is 2.30 bits per heavy atom. The molecule has 2 amide bonds. The second-order valence-electron chi connectivity index (χ2n) is 6.93. The lowest BCUT2D eigenvalue weighted by Gasteiger charge is -2.28. The monoisotopic (exact) mass is 432 g/mol. The fraction of sp³-hybridized carbons (Fsp3) is 0.391. The molecule has 0 fully saturated rings. The van der Waals surface area contributed by atoms with E-state index in [1.165, 1.54) is 4.90 Å². The van der Waals surface area contributed by atoms with Gasteiger partial charge in [0, 0.05) is 18.1 Å². The molecule has 0 aliphatic rings. The van der Waals surface area contributed by atoms with Gasteiger partial charge in [-0.15, -0.1) is 0 Å². The van der Waals surface area contributed by atoms with Gasteiger partial charge in [0.2, 0.25) is 5.91 Å². The summed E-state index contributed by atoms with van der Waals surface area (Å²) in [5, 5.41) is 3.48. The maximum atomic E-state index is 13.0. The minimum absolute atomic E-state index is 0.176. The number of hydrogen-bond donors (Lipinski definition) is 1. The second kappa shape index (κ2) is 12.1. The Morgan fingerprint density at radius 2 is 1.70 bits per heavy atom. The van der Waals surface area contributed by atoms with Gasteiger partial charge in [-0.25, -0.2) is 0 Å². The number of halogens is 1. The highest BCUT2D eigenvalue weighted by atomic mass is 35.5. The van der Waals surface area contributed by atoms with E-state index in [1.54, 1.807) is 38.3 Å². The first-order valence-electron chi connectivity index (χ1n) is 10.0. The van der Waals surface area contributed by atoms with Crippen molar-refractivity contribution in [2.24, 2.45) is 0 Å². The van der Waals surface area contributed by atoms with Gasteiger partial charge in [0.25, 0.3) is 5.91 Å². The highest BCUT2D eigenvalue weighted by molar-refractivity contribution is 6.30. The normalized spacial score (nSPS) is 11.5. The molecule has 162 valence electrons. The van der Waals surface area contributed by atoms with E-state index in [2.05, 4.69) is 12.2 Å². The van der Waals surface area contributed by atoms with Crippen molar-refractivity contribution in [3.05, 3.63) is 59.1 Å². The predicted molar refractivity (Wildman–Crippen MR) is 118 cm³/mol. The molecule has 2 rings (SSSR count). The van der Waals surface area contributed by atoms with Crippen molar-refractivity contribution < 1.29 is 19.1 Å². The van der Waals surface area contributed by atoms with Crippen LogP contribution in [-0.4, -0.2) is 43.0 Å². The summed E-state index contributed by atoms with van der Waals surface area (Å²) in [7, 11) is 1.60. The van der Waals surface area contributed by atoms with Crippen LogP contribution < -0.4 is 14.8 Å². The van der Waals surface area contributed by atoms with Crippen LogP contribution >= 0.6 is 11.6 Å². The average Bonchev–Trinajstić information content (AvgIpc) is 2.77. The number of methoxy groups -OCH3 is 1. The Balaban J connectivity index is 2.10. The molecule has 0 unspecified atom stereocenters. The van der Waals surface area contributed by atoms with Crippen LogP contribution in [0.4, 0.5) is 0 Å². The molecule has 0 aliphatic carbocycles. The smallest absolute Gasteiger partial charge is 0.261 e. The number of unbranched alkanes of at least 4 members (excludes halogenated alkanes) is 1. The van der Waals surface area contributed by atoms with E-state index in [0.29, 0.717) is 17.3 Å². The van der Waals surface area contributed by atoms with Gasteiger partial charge in [0.1, 0.15) is 17.5 Å². The molecule has 0 saturated heterocycles. The summed E-state index contributed by atoms with van der Waals surface area (Å²) < 4.78 is 10.8. The molecule has 1 N–H and O–H groups in total. The molecule has 0 saturated carbocycles. The average molecular weight is 433 g/mol. The Bertz CT molecular complexity index is 809. The van der Waals surface area contributed by atoms with Crippen LogP contribution in [0.3, 0.4) is 0 Å². The van der Waals surface area contributed by atoms with Gasteiger partial charge in [-0.2, -0.15) is 0 Å². The summed E-state index contributed by atoms with van der Waals surface area (Å²) in [5.41, 5.74) is 0.892. The zero-order valence-electron chi connectivity index (χ0n) is 17.7. The van der Waals surface area contributed by atoms with E-state index >= 15 is 0 Å². The molecule has 2 aromatic carbocycles. The molecule has 0 aliphatic heterocycles. The molecule has 30 heavy (non-hydrogen) atoms. The van der Waals surface area contributed by atoms with Gasteiger partial charge in [-0.05, 0) is 55.3 Å². The first-order chi connectivity index (χ1) is 14.4. The summed E-state index contributed by atoms with van der Waals surface area (Å²) in [6.07, 6.45) is 1.88. The van der Waals surface area contributed by atoms with E-state index in [0.717, 1.165) is 24.2 Å². The van der Waals surface area contributed by atoms with E-state index in [9.17, 15) is 9.59 Å². The van der Waals surface area contributed by atoms with Gasteiger partial charge >= 0.3 is 0 Å². The molecule has 1 atom stereocenters. The van der Waals surface area contributed by atoms with Crippen molar-refractivity contribution in [3.63, 3.8) is 0 Å². The number of hydrogen-bond acceptors (Lipinski definition) is 4. The lowest BCUT2D eigenvalue weighted by atomic mass is 10.1. The Kier molecular flexibility index (Phi) is 9.48. The largest absolute Gasteiger partial charge is 0.497 e. The number of nitrogens with zero attached hydrogens (tertiary/aromatic N) is 1. The number of benzene rings is 2. The standard InChI is InChI=1S/C23H29ClN2O4/c1-4-5-14-25-23(28)17(2)26(15-18-6-10-20(29-3)11-7-18)22(27)16-30-21-12-8-19(24)9-13-21/h6-13,17H,4-5,14-16H2,1-3H3,(H,25,28)/t17-/m1/s1. The Morgan fingerprint density at radius 1 is 1.07 bits per heavy atom. The zero-order valence-corrected chi connectivity index (χ0v) is 18.4. The Labute approximate surface area is 183 Å². The summed E-state index contributed by atoms with van der Waals surface area (Å²) in [6, 6.07) is 13.6. The first kappa shape index (κ1) is 23.5. The van der Waals surface area contributed by atoms with Crippen LogP contribution in [0.5, 0.6) is 11.5 Å². The fourth-order valence-electron chi connectivity index (χ4n) is 2.81. The van der Waals surface area contributed by atoms with Crippen LogP contribution in [-0.2, 0) is 16.1 Å². The van der Waals surface area contributed by atoms with Crippen LogP contribution in [0.15, 0.2) is 48.5 Å². The van der Waals surface area contributed by atoms with Gasteiger partial charge in [-0.3, -0.25) is 9.59 Å². The highest BCUT2D eigenvalue weighted by Gasteiger charge is 2.26. The third-order valence-electron chi connectivity index (χ3n) is 4.68. The maximum absolute atomic E-state index is 13.0. The maximum Gasteiger partial charge on any atom is 0.261 e. The summed E-state index contributed by atoms with van der Waals surface area (Å²) in [6.45, 7) is 4.49. The molecule has 0 radical (unpaired) electrons. The van der Waals surface area contributed by atoms with Gasteiger partial charge < -0.3 is 19.7 Å². The molecule has 0 bridgehead atoms. The first-order valence-corrected chi connectivity index (χ1v) is 10.4. The van der Waals surface area contributed by atoms with E-state index < -0.39 is 6.04 Å². The number of ether oxygens (including phenoxy) is 2. The number of carbonyl (C=O) groups is 2. The lowest BCUT2D eigenvalue weighted by Crippen LogP contribution is -2.49. The van der Waals surface area contributed by atoms with Crippen molar-refractivity contribution >= 4 is 23.4 Å². The number of amides is 2. The molecular formula is C23H29ClN2O4. The predicted octanol–water partition coefficient (Wildman–Crippen LogP) is 4.06. The van der Waals surface area contributed by atoms with Crippen molar-refractivity contribution in [2.75, 3.05) is 20.3 Å². The van der Waals surface area contributed by atoms with Crippen LogP contribution in [0.25, 0.3) is 0 Å². The van der Waals surface area contributed by atoms with E-state index in [-0.39, 0.29) is 25.0 Å². The molecular weight excluding hydrogens is 404 g/mol. The molecule has 2 aromatic rings. The highest BCUT2D eigenvalue weighted by Crippen LogP contribution is 2.17. The minimum Gasteiger partial charge on any atom is -0.497 e. The number of carbonyl (C=O) groups excluding carboxylic acids is 2. The molecule has 0 heterocycles. The lowest BCUT2D eigenvalue weighted by molar-refractivity contribution is -0.142.